The molecule has 0 bridgehead atoms. The maximum atomic E-state index is 7.37. The van der Waals surface area contributed by atoms with Gasteiger partial charge in [0.25, 0.3) is 0 Å². The Morgan fingerprint density at radius 2 is 0.762 bits per heavy atom. The van der Waals surface area contributed by atoms with Crippen LogP contribution in [-0.4, -0.2) is 47.8 Å². The molecule has 12 rings (SSSR count). The Balaban J connectivity index is 0.855. The van der Waals surface area contributed by atoms with Crippen LogP contribution in [0.4, 0.5) is 22.7 Å². The number of allylic oxidation sites excluding steroid dienone is 12. The van der Waals surface area contributed by atoms with Crippen LogP contribution in [0.15, 0.2) is 216 Å². The molecule has 8 aromatic rings. The molecule has 4 nitrogen and oxygen atoms in total. The largest absolute Gasteiger partial charge is 0.347 e. The second-order valence-electron chi connectivity index (χ2n) is 25.6. The van der Waals surface area contributed by atoms with Crippen LogP contribution in [-0.2, 0) is 21.7 Å². The van der Waals surface area contributed by atoms with Gasteiger partial charge in [-0.1, -0.05) is 172 Å². The minimum Gasteiger partial charge on any atom is -0.347 e. The van der Waals surface area contributed by atoms with E-state index in [1.165, 1.54) is 111 Å². The van der Waals surface area contributed by atoms with E-state index >= 15 is 0 Å². The molecule has 2 unspecified atom stereocenters. The van der Waals surface area contributed by atoms with Crippen molar-refractivity contribution in [2.75, 3.05) is 37.0 Å². The van der Waals surface area contributed by atoms with E-state index in [0.717, 1.165) is 64.5 Å². The first kappa shape index (κ1) is 57.2. The molecule has 8 aromatic carbocycles. The summed E-state index contributed by atoms with van der Waals surface area (Å²) < 4.78 is 5.08. The quantitative estimate of drug-likeness (QED) is 0.0512. The van der Waals surface area contributed by atoms with E-state index in [4.69, 9.17) is 23.2 Å². The van der Waals surface area contributed by atoms with Crippen molar-refractivity contribution in [3.8, 4) is 0 Å². The fourth-order valence-corrected chi connectivity index (χ4v) is 15.7. The molecule has 426 valence electrons. The number of hydrogen-bond acceptors (Lipinski definition) is 2. The zero-order valence-corrected chi connectivity index (χ0v) is 52.6. The van der Waals surface area contributed by atoms with E-state index in [-0.39, 0.29) is 21.7 Å². The summed E-state index contributed by atoms with van der Waals surface area (Å²) in [5.41, 5.74) is 14.9. The van der Waals surface area contributed by atoms with Crippen molar-refractivity contribution < 1.29 is 9.15 Å². The number of benzene rings is 8. The molecule has 0 N–H and O–H groups in total. The Morgan fingerprint density at radius 1 is 0.429 bits per heavy atom. The molecular weight excluding hydrogens is 1060 g/mol. The lowest BCUT2D eigenvalue weighted by molar-refractivity contribution is -0.438. The minimum absolute atomic E-state index is 0.201. The number of likely N-dealkylation sites (N-methyl/N-ethyl adjacent to an activating group) is 2. The van der Waals surface area contributed by atoms with Crippen molar-refractivity contribution in [3.05, 3.63) is 238 Å². The van der Waals surface area contributed by atoms with Crippen molar-refractivity contribution >= 4 is 100 Å². The van der Waals surface area contributed by atoms with Crippen LogP contribution in [0.5, 0.6) is 0 Å². The number of unbranched alkanes of at least 4 members (excludes halogenated alkanes) is 3. The van der Waals surface area contributed by atoms with E-state index < -0.39 is 0 Å². The van der Waals surface area contributed by atoms with Gasteiger partial charge in [-0.3, -0.25) is 0 Å². The topological polar surface area (TPSA) is 12.5 Å². The van der Waals surface area contributed by atoms with E-state index in [2.05, 4.69) is 283 Å². The third kappa shape index (κ3) is 9.61. The average molecular weight is 1150 g/mol. The highest BCUT2D eigenvalue weighted by molar-refractivity contribution is 6.32. The number of halogens is 2. The van der Waals surface area contributed by atoms with Gasteiger partial charge in [-0.05, 0) is 169 Å². The van der Waals surface area contributed by atoms with Crippen LogP contribution >= 0.6 is 23.2 Å². The first-order valence-corrected chi connectivity index (χ1v) is 31.7. The molecule has 0 radical (unpaired) electrons. The molecule has 6 heteroatoms. The number of anilines is 2. The lowest BCUT2D eigenvalue weighted by Gasteiger charge is -2.32. The van der Waals surface area contributed by atoms with Crippen LogP contribution in [0.1, 0.15) is 129 Å². The molecular formula is C78H82Cl2N4+2. The Bertz CT molecular complexity index is 3940. The van der Waals surface area contributed by atoms with Crippen molar-refractivity contribution in [3.63, 3.8) is 0 Å². The zero-order valence-electron chi connectivity index (χ0n) is 51.1. The summed E-state index contributed by atoms with van der Waals surface area (Å²) >= 11 is 14.7. The Labute approximate surface area is 509 Å². The smallest absolute Gasteiger partial charge is 0.210 e. The summed E-state index contributed by atoms with van der Waals surface area (Å²) in [5, 5.41) is 11.8. The maximum Gasteiger partial charge on any atom is 0.210 e. The molecule has 0 fully saturated rings. The second kappa shape index (κ2) is 22.6. The fourth-order valence-electron chi connectivity index (χ4n) is 15.5. The summed E-state index contributed by atoms with van der Waals surface area (Å²) in [6, 6.07) is 53.9. The fraction of sp³-hybridized carbons (Fsp3) is 0.308. The van der Waals surface area contributed by atoms with Gasteiger partial charge in [0.2, 0.25) is 11.4 Å². The maximum absolute atomic E-state index is 7.37. The van der Waals surface area contributed by atoms with E-state index in [1.807, 2.05) is 0 Å². The third-order valence-electron chi connectivity index (χ3n) is 19.7. The highest BCUT2D eigenvalue weighted by Gasteiger charge is 2.48. The van der Waals surface area contributed by atoms with Gasteiger partial charge in [-0.15, -0.1) is 0 Å². The monoisotopic (exact) mass is 1140 g/mol. The molecule has 0 aliphatic carbocycles. The summed E-state index contributed by atoms with van der Waals surface area (Å²) in [4.78, 5) is 4.85. The van der Waals surface area contributed by atoms with Gasteiger partial charge in [-0.25, -0.2) is 0 Å². The first-order valence-electron chi connectivity index (χ1n) is 30.9. The highest BCUT2D eigenvalue weighted by Crippen LogP contribution is 2.56. The van der Waals surface area contributed by atoms with Gasteiger partial charge >= 0.3 is 0 Å². The molecule has 0 spiro atoms. The SMILES string of the molecule is CCCC[N+]1=C(C=CC(Cl)=CC=C2N(C)c3ccc4ccccc4c3C2(C)CCCCC2(C)C(=CC=C(Cl)C=CC3=[N+](CCCC)c4ccc5ccccc5c4C3(C)C)N(C)c3ccc4ccccc4c32)C(C)(C)c2c1ccc1ccccc21. The van der Waals surface area contributed by atoms with Gasteiger partial charge < -0.3 is 9.80 Å². The van der Waals surface area contributed by atoms with Crippen LogP contribution in [0.25, 0.3) is 43.1 Å². The molecule has 4 aliphatic rings. The summed E-state index contributed by atoms with van der Waals surface area (Å²) in [6.07, 6.45) is 26.2. The van der Waals surface area contributed by atoms with Crippen molar-refractivity contribution in [1.82, 2.24) is 0 Å². The third-order valence-corrected chi connectivity index (χ3v) is 20.2. The van der Waals surface area contributed by atoms with Gasteiger partial charge in [-0.2, -0.15) is 9.15 Å². The van der Waals surface area contributed by atoms with E-state index in [9.17, 15) is 0 Å². The summed E-state index contributed by atoms with van der Waals surface area (Å²) in [6.45, 7) is 20.9. The van der Waals surface area contributed by atoms with Crippen LogP contribution in [0.2, 0.25) is 0 Å². The van der Waals surface area contributed by atoms with E-state index in [0.29, 0.717) is 10.1 Å². The molecule has 84 heavy (non-hydrogen) atoms. The standard InChI is InChI=1S/C78H82Cl2N4/c1-11-13-51-83-65-43-35-53-25-15-19-29-59(53)71(65)75(3,4)67(83)45-37-57(79)39-47-69-77(7,73-61-31-21-17-27-55(61)33-41-63(73)81(69)9)49-23-24-50-78(8)70(82(10)64-42-34-56-28-18-22-32-62(56)74(64)78)48-40-58(80)38-46-68-76(5,6)72-60-30-20-16-26-54(60)36-44-66(72)84(68)52-14-12-2/h15-22,25-48H,11-14,23-24,49-52H2,1-10H3/q+2. The second-order valence-corrected chi connectivity index (χ2v) is 26.5. The molecule has 0 saturated carbocycles. The minimum atomic E-state index is -0.282. The van der Waals surface area contributed by atoms with Gasteiger partial charge in [0.15, 0.2) is 11.4 Å². The normalized spacial score (nSPS) is 21.1. The van der Waals surface area contributed by atoms with Crippen LogP contribution in [0, 0.1) is 0 Å². The molecule has 0 amide bonds. The lowest BCUT2D eigenvalue weighted by atomic mass is 9.72. The van der Waals surface area contributed by atoms with E-state index in [1.54, 1.807) is 0 Å². The predicted octanol–water partition coefficient (Wildman–Crippen LogP) is 20.9. The molecule has 4 heterocycles. The highest BCUT2D eigenvalue weighted by atomic mass is 35.5. The van der Waals surface area contributed by atoms with Gasteiger partial charge in [0.05, 0.1) is 10.8 Å². The summed E-state index contributed by atoms with van der Waals surface area (Å²) in [5.74, 6) is 0. The lowest BCUT2D eigenvalue weighted by Crippen LogP contribution is -2.28. The Hall–Kier alpha value is -7.24. The molecule has 0 saturated heterocycles. The predicted molar refractivity (Wildman–Crippen MR) is 364 cm³/mol. The van der Waals surface area contributed by atoms with Crippen molar-refractivity contribution in [2.45, 2.75) is 128 Å². The zero-order chi connectivity index (χ0) is 58.7. The molecule has 4 aliphatic heterocycles. The molecule has 2 atom stereocenters. The van der Waals surface area contributed by atoms with Gasteiger partial charge in [0, 0.05) is 106 Å². The average Bonchev–Trinajstić information content (AvgIpc) is 3.65. The number of nitrogens with zero attached hydrogens (tertiary/aromatic N) is 4. The van der Waals surface area contributed by atoms with Crippen LogP contribution < -0.4 is 9.80 Å². The molecule has 0 aromatic heterocycles. The Morgan fingerprint density at radius 3 is 1.12 bits per heavy atom. The Kier molecular flexibility index (Phi) is 15.4. The number of fused-ring (bicyclic) bond motifs is 12. The summed E-state index contributed by atoms with van der Waals surface area (Å²) in [7, 11) is 4.48. The van der Waals surface area contributed by atoms with Crippen molar-refractivity contribution in [2.24, 2.45) is 0 Å². The van der Waals surface area contributed by atoms with Gasteiger partial charge in [0.1, 0.15) is 13.1 Å². The number of rotatable bonds is 17. The first-order chi connectivity index (χ1) is 40.5. The number of hydrogen-bond donors (Lipinski definition) is 0. The van der Waals surface area contributed by atoms with Crippen molar-refractivity contribution in [1.29, 1.82) is 0 Å². The van der Waals surface area contributed by atoms with Crippen LogP contribution in [0.3, 0.4) is 0 Å².